The third kappa shape index (κ3) is 1.21. The second-order valence-electron chi connectivity index (χ2n) is 1.83. The average molecular weight is 161 g/mol. The fourth-order valence-corrected chi connectivity index (χ4v) is 0.730. The van der Waals surface area contributed by atoms with E-state index >= 15 is 0 Å². The highest BCUT2D eigenvalue weighted by molar-refractivity contribution is 7.80. The van der Waals surface area contributed by atoms with Crippen LogP contribution < -0.4 is 5.73 Å². The molecule has 0 saturated carbocycles. The van der Waals surface area contributed by atoms with E-state index in [1.807, 2.05) is 0 Å². The molecule has 0 radical (unpaired) electrons. The van der Waals surface area contributed by atoms with Crippen molar-refractivity contribution >= 4 is 18.3 Å². The lowest BCUT2D eigenvalue weighted by Gasteiger charge is -1.98. The molecule has 54 valence electrons. The molecule has 0 spiro atoms. The van der Waals surface area contributed by atoms with Gasteiger partial charge in [-0.2, -0.15) is 0 Å². The van der Waals surface area contributed by atoms with Crippen LogP contribution in [0.5, 0.6) is 0 Å². The molecule has 2 N–H and O–H groups in total. The maximum absolute atomic E-state index is 12.3. The van der Waals surface area contributed by atoms with Crippen LogP contribution >= 0.6 is 12.6 Å². The molecule has 0 amide bonds. The summed E-state index contributed by atoms with van der Waals surface area (Å²) in [5, 5.41) is 0. The van der Waals surface area contributed by atoms with Crippen molar-refractivity contribution in [3.8, 4) is 0 Å². The molecule has 10 heavy (non-hydrogen) atoms. The first-order valence-corrected chi connectivity index (χ1v) is 2.99. The summed E-state index contributed by atoms with van der Waals surface area (Å²) in [4.78, 5) is 0.249. The van der Waals surface area contributed by atoms with E-state index in [-0.39, 0.29) is 10.6 Å². The molecule has 1 aromatic rings. The molecule has 0 aliphatic carbocycles. The van der Waals surface area contributed by atoms with Crippen molar-refractivity contribution in [2.24, 2.45) is 0 Å². The predicted octanol–water partition coefficient (Wildman–Crippen LogP) is 1.84. The fourth-order valence-electron chi connectivity index (χ4n) is 0.552. The van der Waals surface area contributed by atoms with Gasteiger partial charge in [0.25, 0.3) is 0 Å². The van der Waals surface area contributed by atoms with Crippen LogP contribution in [-0.4, -0.2) is 0 Å². The van der Waals surface area contributed by atoms with Crippen LogP contribution in [0.3, 0.4) is 0 Å². The predicted molar refractivity (Wildman–Crippen MR) is 38.0 cm³/mol. The highest BCUT2D eigenvalue weighted by atomic mass is 32.1. The minimum atomic E-state index is -0.949. The van der Waals surface area contributed by atoms with E-state index in [1.165, 1.54) is 0 Å². The lowest BCUT2D eigenvalue weighted by atomic mass is 10.3. The summed E-state index contributed by atoms with van der Waals surface area (Å²) in [6.07, 6.45) is 0. The van der Waals surface area contributed by atoms with Gasteiger partial charge >= 0.3 is 0 Å². The maximum atomic E-state index is 12.3. The van der Waals surface area contributed by atoms with Crippen molar-refractivity contribution in [1.29, 1.82) is 0 Å². The Hall–Kier alpha value is -0.770. The Morgan fingerprint density at radius 1 is 1.20 bits per heavy atom. The highest BCUT2D eigenvalue weighted by Gasteiger charge is 2.03. The zero-order valence-electron chi connectivity index (χ0n) is 4.94. The van der Waals surface area contributed by atoms with Crippen LogP contribution in [0.15, 0.2) is 17.0 Å². The Morgan fingerprint density at radius 2 is 1.70 bits per heavy atom. The van der Waals surface area contributed by atoms with Crippen molar-refractivity contribution in [1.82, 2.24) is 0 Å². The molecular formula is C6H5F2NS. The standard InChI is InChI=1S/C6H5F2NS/c7-3-1-5(9)6(10)2-4(3)8/h1-2,10H,9H2. The number of halogens is 2. The largest absolute Gasteiger partial charge is 0.398 e. The summed E-state index contributed by atoms with van der Waals surface area (Å²) in [5.41, 5.74) is 5.35. The van der Waals surface area contributed by atoms with Crippen LogP contribution in [0, 0.1) is 11.6 Å². The Morgan fingerprint density at radius 3 is 2.20 bits per heavy atom. The van der Waals surface area contributed by atoms with Gasteiger partial charge in [0.1, 0.15) is 0 Å². The van der Waals surface area contributed by atoms with E-state index in [0.717, 1.165) is 12.1 Å². The molecule has 0 aliphatic heterocycles. The molecule has 0 saturated heterocycles. The number of rotatable bonds is 0. The monoisotopic (exact) mass is 161 g/mol. The second-order valence-corrected chi connectivity index (χ2v) is 2.31. The topological polar surface area (TPSA) is 26.0 Å². The minimum absolute atomic E-state index is 0.141. The third-order valence-electron chi connectivity index (χ3n) is 1.07. The third-order valence-corrected chi connectivity index (χ3v) is 1.46. The molecule has 4 heteroatoms. The summed E-state index contributed by atoms with van der Waals surface area (Å²) >= 11 is 3.78. The van der Waals surface area contributed by atoms with Gasteiger partial charge < -0.3 is 5.73 Å². The van der Waals surface area contributed by atoms with E-state index in [0.29, 0.717) is 0 Å². The van der Waals surface area contributed by atoms with Crippen molar-refractivity contribution in [3.63, 3.8) is 0 Å². The molecular weight excluding hydrogens is 156 g/mol. The average Bonchev–Trinajstić information content (AvgIpc) is 1.84. The number of thiol groups is 1. The van der Waals surface area contributed by atoms with Gasteiger partial charge in [0, 0.05) is 16.6 Å². The molecule has 0 aliphatic rings. The smallest absolute Gasteiger partial charge is 0.160 e. The second kappa shape index (κ2) is 2.46. The number of hydrogen-bond acceptors (Lipinski definition) is 2. The lowest BCUT2D eigenvalue weighted by Crippen LogP contribution is -1.91. The minimum Gasteiger partial charge on any atom is -0.398 e. The quantitative estimate of drug-likeness (QED) is 0.440. The van der Waals surface area contributed by atoms with Gasteiger partial charge in [0.2, 0.25) is 0 Å². The van der Waals surface area contributed by atoms with Gasteiger partial charge in [-0.1, -0.05) is 0 Å². The molecule has 1 rings (SSSR count). The van der Waals surface area contributed by atoms with Gasteiger partial charge in [0.05, 0.1) is 0 Å². The fraction of sp³-hybridized carbons (Fsp3) is 0. The van der Waals surface area contributed by atoms with Crippen LogP contribution in [-0.2, 0) is 0 Å². The Balaban J connectivity index is 3.28. The SMILES string of the molecule is Nc1cc(F)c(F)cc1S. The first-order chi connectivity index (χ1) is 4.61. The molecule has 0 atom stereocenters. The number of nitrogens with two attached hydrogens (primary N) is 1. The maximum Gasteiger partial charge on any atom is 0.160 e. The van der Waals surface area contributed by atoms with Gasteiger partial charge in [-0.25, -0.2) is 8.78 Å². The Labute approximate surface area is 62.3 Å². The Kier molecular flexibility index (Phi) is 1.80. The molecule has 0 aromatic heterocycles. The number of hydrogen-bond donors (Lipinski definition) is 2. The van der Waals surface area contributed by atoms with E-state index < -0.39 is 11.6 Å². The summed E-state index contributed by atoms with van der Waals surface area (Å²) in [7, 11) is 0. The molecule has 0 fully saturated rings. The highest BCUT2D eigenvalue weighted by Crippen LogP contribution is 2.19. The van der Waals surface area contributed by atoms with Crippen molar-refractivity contribution < 1.29 is 8.78 Å². The van der Waals surface area contributed by atoms with Crippen molar-refractivity contribution in [3.05, 3.63) is 23.8 Å². The first-order valence-electron chi connectivity index (χ1n) is 2.54. The molecule has 1 aromatic carbocycles. The summed E-state index contributed by atoms with van der Waals surface area (Å²) in [6, 6.07) is 1.84. The number of nitrogen functional groups attached to an aromatic ring is 1. The lowest BCUT2D eigenvalue weighted by molar-refractivity contribution is 0.506. The number of benzene rings is 1. The molecule has 0 heterocycles. The summed E-state index contributed by atoms with van der Waals surface area (Å²) in [6.45, 7) is 0. The number of anilines is 1. The molecule has 0 bridgehead atoms. The van der Waals surface area contributed by atoms with Gasteiger partial charge in [0.15, 0.2) is 11.6 Å². The van der Waals surface area contributed by atoms with Crippen molar-refractivity contribution in [2.75, 3.05) is 5.73 Å². The van der Waals surface area contributed by atoms with Crippen LogP contribution in [0.2, 0.25) is 0 Å². The zero-order chi connectivity index (χ0) is 7.72. The van der Waals surface area contributed by atoms with Crippen LogP contribution in [0.4, 0.5) is 14.5 Å². The molecule has 0 unspecified atom stereocenters. The summed E-state index contributed by atoms with van der Waals surface area (Å²) in [5.74, 6) is -1.88. The zero-order valence-corrected chi connectivity index (χ0v) is 5.83. The normalized spacial score (nSPS) is 9.90. The van der Waals surface area contributed by atoms with Gasteiger partial charge in [-0.3, -0.25) is 0 Å². The van der Waals surface area contributed by atoms with Crippen molar-refractivity contribution in [2.45, 2.75) is 4.90 Å². The van der Waals surface area contributed by atoms with Crippen LogP contribution in [0.25, 0.3) is 0 Å². The first kappa shape index (κ1) is 7.34. The Bertz CT molecular complexity index is 212. The van der Waals surface area contributed by atoms with E-state index in [9.17, 15) is 8.78 Å². The van der Waals surface area contributed by atoms with E-state index in [2.05, 4.69) is 12.6 Å². The van der Waals surface area contributed by atoms with Gasteiger partial charge in [-0.15, -0.1) is 12.6 Å². The molecule has 1 nitrogen and oxygen atoms in total. The van der Waals surface area contributed by atoms with E-state index in [4.69, 9.17) is 5.73 Å². The summed E-state index contributed by atoms with van der Waals surface area (Å²) < 4.78 is 24.6. The van der Waals surface area contributed by atoms with Crippen LogP contribution in [0.1, 0.15) is 0 Å². The van der Waals surface area contributed by atoms with E-state index in [1.54, 1.807) is 0 Å². The van der Waals surface area contributed by atoms with Gasteiger partial charge in [-0.05, 0) is 6.07 Å².